The molecule has 1 atom stereocenters. The van der Waals surface area contributed by atoms with Crippen LogP contribution in [0.1, 0.15) is 36.6 Å². The van der Waals surface area contributed by atoms with E-state index in [1.807, 2.05) is 30.3 Å². The number of nitrogens with one attached hydrogen (secondary N) is 1. The van der Waals surface area contributed by atoms with Crippen LogP contribution < -0.4 is 11.1 Å². The molecule has 0 saturated carbocycles. The van der Waals surface area contributed by atoms with E-state index in [1.54, 1.807) is 0 Å². The van der Waals surface area contributed by atoms with Crippen molar-refractivity contribution in [2.75, 3.05) is 13.1 Å². The molecule has 2 aromatic carbocycles. The van der Waals surface area contributed by atoms with Crippen LogP contribution in [-0.4, -0.2) is 23.9 Å². The van der Waals surface area contributed by atoms with Gasteiger partial charge in [-0.2, -0.15) is 0 Å². The molecule has 0 aliphatic heterocycles. The lowest BCUT2D eigenvalue weighted by molar-refractivity contribution is -0.122. The number of amides is 1. The number of carbonyl (C=O) groups is 1. The first kappa shape index (κ1) is 18.2. The molecule has 1 amide bonds. The molecule has 0 saturated heterocycles. The number of rotatable bonds is 8. The molecule has 2 aromatic rings. The van der Waals surface area contributed by atoms with Gasteiger partial charge in [0.05, 0.1) is 0 Å². The molecule has 4 nitrogen and oxygen atoms in total. The van der Waals surface area contributed by atoms with E-state index in [1.165, 1.54) is 5.56 Å². The van der Waals surface area contributed by atoms with E-state index >= 15 is 0 Å². The highest BCUT2D eigenvalue weighted by Crippen LogP contribution is 2.11. The van der Waals surface area contributed by atoms with Gasteiger partial charge in [0, 0.05) is 13.1 Å². The molecule has 0 bridgehead atoms. The predicted molar refractivity (Wildman–Crippen MR) is 98.3 cm³/mol. The second-order valence-electron chi connectivity index (χ2n) is 5.88. The van der Waals surface area contributed by atoms with E-state index in [2.05, 4.69) is 48.3 Å². The zero-order valence-electron chi connectivity index (χ0n) is 14.5. The lowest BCUT2D eigenvalue weighted by Crippen LogP contribution is -2.33. The topological polar surface area (TPSA) is 58.4 Å². The van der Waals surface area contributed by atoms with Crippen molar-refractivity contribution in [3.63, 3.8) is 0 Å². The van der Waals surface area contributed by atoms with Gasteiger partial charge in [-0.1, -0.05) is 68.4 Å². The van der Waals surface area contributed by atoms with Gasteiger partial charge in [0.1, 0.15) is 6.04 Å². The molecule has 0 aliphatic rings. The highest BCUT2D eigenvalue weighted by atomic mass is 16.2. The predicted octanol–water partition coefficient (Wildman–Crippen LogP) is 2.84. The Bertz CT molecular complexity index is 621. The van der Waals surface area contributed by atoms with Crippen LogP contribution in [0.4, 0.5) is 0 Å². The van der Waals surface area contributed by atoms with Crippen LogP contribution in [0, 0.1) is 0 Å². The molecular weight excluding hydrogens is 298 g/mol. The molecular formula is C20H27N3O. The van der Waals surface area contributed by atoms with Gasteiger partial charge in [-0.25, -0.2) is 0 Å². The number of nitrogens with zero attached hydrogens (tertiary/aromatic N) is 1. The van der Waals surface area contributed by atoms with Crippen LogP contribution in [0.5, 0.6) is 0 Å². The Morgan fingerprint density at radius 3 is 2.17 bits per heavy atom. The fourth-order valence-corrected chi connectivity index (χ4v) is 2.58. The molecule has 0 spiro atoms. The van der Waals surface area contributed by atoms with Gasteiger partial charge in [-0.15, -0.1) is 0 Å². The SMILES string of the molecule is CCN(CC)Cc1ccc(CNC(=O)C(N)c2ccccc2)cc1. The average Bonchev–Trinajstić information content (AvgIpc) is 2.65. The summed E-state index contributed by atoms with van der Waals surface area (Å²) < 4.78 is 0. The highest BCUT2D eigenvalue weighted by molar-refractivity contribution is 5.82. The molecule has 3 N–H and O–H groups in total. The first-order chi connectivity index (χ1) is 11.6. The van der Waals surface area contributed by atoms with Crippen LogP contribution in [0.2, 0.25) is 0 Å². The standard InChI is InChI=1S/C20H27N3O/c1-3-23(4-2)15-17-12-10-16(11-13-17)14-22-20(24)19(21)18-8-6-5-7-9-18/h5-13,19H,3-4,14-15,21H2,1-2H3,(H,22,24). The Morgan fingerprint density at radius 2 is 1.58 bits per heavy atom. The van der Waals surface area contributed by atoms with Gasteiger partial charge in [0.2, 0.25) is 5.91 Å². The molecule has 2 rings (SSSR count). The number of carbonyl (C=O) groups excluding carboxylic acids is 1. The maximum atomic E-state index is 12.2. The maximum absolute atomic E-state index is 12.2. The van der Waals surface area contributed by atoms with Crippen molar-refractivity contribution < 1.29 is 4.79 Å². The highest BCUT2D eigenvalue weighted by Gasteiger charge is 2.14. The lowest BCUT2D eigenvalue weighted by atomic mass is 10.1. The maximum Gasteiger partial charge on any atom is 0.241 e. The van der Waals surface area contributed by atoms with Gasteiger partial charge in [0.15, 0.2) is 0 Å². The monoisotopic (exact) mass is 325 g/mol. The second-order valence-corrected chi connectivity index (χ2v) is 5.88. The van der Waals surface area contributed by atoms with Crippen molar-refractivity contribution in [1.82, 2.24) is 10.2 Å². The van der Waals surface area contributed by atoms with Crippen LogP contribution in [-0.2, 0) is 17.9 Å². The minimum atomic E-state index is -0.631. The fraction of sp³-hybridized carbons (Fsp3) is 0.350. The van der Waals surface area contributed by atoms with Gasteiger partial charge in [0.25, 0.3) is 0 Å². The van der Waals surface area contributed by atoms with Crippen molar-refractivity contribution in [3.8, 4) is 0 Å². The third-order valence-electron chi connectivity index (χ3n) is 4.23. The Balaban J connectivity index is 1.87. The Hall–Kier alpha value is -2.17. The minimum absolute atomic E-state index is 0.159. The number of benzene rings is 2. The van der Waals surface area contributed by atoms with E-state index < -0.39 is 6.04 Å². The smallest absolute Gasteiger partial charge is 0.241 e. The number of nitrogens with two attached hydrogens (primary N) is 1. The second kappa shape index (κ2) is 9.21. The van der Waals surface area contributed by atoms with E-state index in [4.69, 9.17) is 5.73 Å². The summed E-state index contributed by atoms with van der Waals surface area (Å²) in [6, 6.07) is 17.2. The summed E-state index contributed by atoms with van der Waals surface area (Å²) in [5.41, 5.74) is 9.18. The van der Waals surface area contributed by atoms with Crippen molar-refractivity contribution in [2.24, 2.45) is 5.73 Å². The third kappa shape index (κ3) is 5.18. The summed E-state index contributed by atoms with van der Waals surface area (Å²) in [5, 5.41) is 2.91. The third-order valence-corrected chi connectivity index (χ3v) is 4.23. The Labute approximate surface area is 144 Å². The summed E-state index contributed by atoms with van der Waals surface area (Å²) in [6.45, 7) is 7.88. The van der Waals surface area contributed by atoms with E-state index in [0.29, 0.717) is 6.54 Å². The van der Waals surface area contributed by atoms with Crippen molar-refractivity contribution in [1.29, 1.82) is 0 Å². The zero-order valence-corrected chi connectivity index (χ0v) is 14.5. The first-order valence-corrected chi connectivity index (χ1v) is 8.52. The van der Waals surface area contributed by atoms with Crippen molar-refractivity contribution >= 4 is 5.91 Å². The molecule has 24 heavy (non-hydrogen) atoms. The van der Waals surface area contributed by atoms with Gasteiger partial charge in [-0.05, 0) is 29.8 Å². The summed E-state index contributed by atoms with van der Waals surface area (Å²) in [5.74, 6) is -0.159. The van der Waals surface area contributed by atoms with Crippen LogP contribution in [0.3, 0.4) is 0 Å². The minimum Gasteiger partial charge on any atom is -0.350 e. The molecule has 1 unspecified atom stereocenters. The fourth-order valence-electron chi connectivity index (χ4n) is 2.58. The summed E-state index contributed by atoms with van der Waals surface area (Å²) in [7, 11) is 0. The Kier molecular flexibility index (Phi) is 6.97. The molecule has 0 aliphatic carbocycles. The summed E-state index contributed by atoms with van der Waals surface area (Å²) in [6.07, 6.45) is 0. The van der Waals surface area contributed by atoms with Crippen molar-refractivity contribution in [2.45, 2.75) is 33.0 Å². The zero-order chi connectivity index (χ0) is 17.4. The largest absolute Gasteiger partial charge is 0.350 e. The van der Waals surface area contributed by atoms with Crippen LogP contribution >= 0.6 is 0 Å². The van der Waals surface area contributed by atoms with Gasteiger partial charge >= 0.3 is 0 Å². The summed E-state index contributed by atoms with van der Waals surface area (Å²) >= 11 is 0. The lowest BCUT2D eigenvalue weighted by Gasteiger charge is -2.18. The molecule has 0 heterocycles. The van der Waals surface area contributed by atoms with Gasteiger partial charge < -0.3 is 11.1 Å². The van der Waals surface area contributed by atoms with Crippen LogP contribution in [0.15, 0.2) is 54.6 Å². The van der Waals surface area contributed by atoms with E-state index in [9.17, 15) is 4.79 Å². The van der Waals surface area contributed by atoms with E-state index in [0.717, 1.165) is 30.8 Å². The van der Waals surface area contributed by atoms with Gasteiger partial charge in [-0.3, -0.25) is 9.69 Å². The molecule has 0 aromatic heterocycles. The molecule has 4 heteroatoms. The molecule has 0 radical (unpaired) electrons. The van der Waals surface area contributed by atoms with E-state index in [-0.39, 0.29) is 5.91 Å². The molecule has 128 valence electrons. The van der Waals surface area contributed by atoms with Crippen LogP contribution in [0.25, 0.3) is 0 Å². The van der Waals surface area contributed by atoms with Crippen molar-refractivity contribution in [3.05, 3.63) is 71.3 Å². The average molecular weight is 325 g/mol. The first-order valence-electron chi connectivity index (χ1n) is 8.52. The number of hydrogen-bond acceptors (Lipinski definition) is 3. The normalized spacial score (nSPS) is 12.2. The quantitative estimate of drug-likeness (QED) is 0.784. The molecule has 0 fully saturated rings. The summed E-state index contributed by atoms with van der Waals surface area (Å²) in [4.78, 5) is 14.5. The number of hydrogen-bond donors (Lipinski definition) is 2. The Morgan fingerprint density at radius 1 is 1.00 bits per heavy atom.